The Hall–Kier alpha value is -2.98. The second-order valence-corrected chi connectivity index (χ2v) is 6.61. The lowest BCUT2D eigenvalue weighted by Crippen LogP contribution is -2.13. The van der Waals surface area contributed by atoms with E-state index < -0.39 is 0 Å². The number of aryl methyl sites for hydroxylation is 1. The number of nitrogens with one attached hydrogen (secondary N) is 1. The van der Waals surface area contributed by atoms with Crippen molar-refractivity contribution in [2.75, 3.05) is 6.79 Å². The Morgan fingerprint density at radius 3 is 2.52 bits per heavy atom. The molecule has 27 heavy (non-hydrogen) atoms. The summed E-state index contributed by atoms with van der Waals surface area (Å²) in [5.41, 5.74) is 4.76. The van der Waals surface area contributed by atoms with Gasteiger partial charge in [0.05, 0.1) is 0 Å². The maximum Gasteiger partial charge on any atom is 0.231 e. The highest BCUT2D eigenvalue weighted by molar-refractivity contribution is 5.44. The van der Waals surface area contributed by atoms with Crippen LogP contribution in [0.2, 0.25) is 0 Å². The fourth-order valence-corrected chi connectivity index (χ4v) is 3.11. The molecule has 1 heterocycles. The van der Waals surface area contributed by atoms with Crippen molar-refractivity contribution in [3.05, 3.63) is 89.0 Å². The molecule has 3 aromatic carbocycles. The Bertz CT molecular complexity index is 923. The highest BCUT2D eigenvalue weighted by atomic mass is 16.7. The van der Waals surface area contributed by atoms with Gasteiger partial charge in [0.25, 0.3) is 0 Å². The van der Waals surface area contributed by atoms with E-state index in [2.05, 4.69) is 36.5 Å². The van der Waals surface area contributed by atoms with Gasteiger partial charge in [0.15, 0.2) is 11.5 Å². The molecule has 4 nitrogen and oxygen atoms in total. The molecule has 0 aliphatic carbocycles. The van der Waals surface area contributed by atoms with Gasteiger partial charge in [-0.3, -0.25) is 0 Å². The maximum absolute atomic E-state index is 6.09. The van der Waals surface area contributed by atoms with Crippen molar-refractivity contribution in [2.24, 2.45) is 0 Å². The Morgan fingerprint density at radius 1 is 0.852 bits per heavy atom. The fourth-order valence-electron chi connectivity index (χ4n) is 3.11. The van der Waals surface area contributed by atoms with Crippen LogP contribution in [0, 0.1) is 6.92 Å². The summed E-state index contributed by atoms with van der Waals surface area (Å²) in [5.74, 6) is 2.55. The van der Waals surface area contributed by atoms with Gasteiger partial charge in [-0.2, -0.15) is 0 Å². The van der Waals surface area contributed by atoms with Crippen molar-refractivity contribution in [1.82, 2.24) is 5.32 Å². The Morgan fingerprint density at radius 2 is 1.63 bits per heavy atom. The molecule has 3 aromatic rings. The van der Waals surface area contributed by atoms with Crippen molar-refractivity contribution >= 4 is 0 Å². The fraction of sp³-hybridized carbons (Fsp3) is 0.217. The van der Waals surface area contributed by atoms with Crippen LogP contribution in [0.4, 0.5) is 0 Å². The summed E-state index contributed by atoms with van der Waals surface area (Å²) in [6, 6.07) is 22.5. The number of para-hydroxylation sites is 1. The Balaban J connectivity index is 1.36. The van der Waals surface area contributed by atoms with Crippen LogP contribution in [0.1, 0.15) is 22.3 Å². The molecule has 0 bridgehead atoms. The van der Waals surface area contributed by atoms with Crippen LogP contribution in [-0.2, 0) is 19.7 Å². The minimum Gasteiger partial charge on any atom is -0.489 e. The van der Waals surface area contributed by atoms with Crippen molar-refractivity contribution in [3.8, 4) is 17.2 Å². The molecule has 1 aliphatic heterocycles. The predicted octanol–water partition coefficient (Wildman–Crippen LogP) is 4.59. The summed E-state index contributed by atoms with van der Waals surface area (Å²) in [6.45, 7) is 4.47. The third kappa shape index (κ3) is 4.23. The lowest BCUT2D eigenvalue weighted by Gasteiger charge is -2.13. The molecule has 0 fully saturated rings. The first-order valence-corrected chi connectivity index (χ1v) is 9.14. The molecule has 1 N–H and O–H groups in total. The molecule has 0 radical (unpaired) electrons. The highest BCUT2D eigenvalue weighted by Gasteiger charge is 2.13. The van der Waals surface area contributed by atoms with E-state index in [1.807, 2.05) is 42.5 Å². The van der Waals surface area contributed by atoms with Gasteiger partial charge >= 0.3 is 0 Å². The van der Waals surface area contributed by atoms with E-state index in [0.29, 0.717) is 13.4 Å². The third-order valence-electron chi connectivity index (χ3n) is 4.70. The molecular weight excluding hydrogens is 338 g/mol. The summed E-state index contributed by atoms with van der Waals surface area (Å²) < 4.78 is 16.9. The van der Waals surface area contributed by atoms with Crippen molar-refractivity contribution in [2.45, 2.75) is 26.6 Å². The van der Waals surface area contributed by atoms with Gasteiger partial charge in [-0.1, -0.05) is 48.5 Å². The van der Waals surface area contributed by atoms with E-state index in [4.69, 9.17) is 14.2 Å². The van der Waals surface area contributed by atoms with Crippen LogP contribution in [0.5, 0.6) is 17.2 Å². The lowest BCUT2D eigenvalue weighted by atomic mass is 10.1. The molecule has 0 saturated carbocycles. The Kier molecular flexibility index (Phi) is 5.26. The van der Waals surface area contributed by atoms with Crippen LogP contribution < -0.4 is 19.5 Å². The largest absolute Gasteiger partial charge is 0.489 e. The van der Waals surface area contributed by atoms with Crippen LogP contribution >= 0.6 is 0 Å². The summed E-state index contributed by atoms with van der Waals surface area (Å²) in [6.07, 6.45) is 0. The van der Waals surface area contributed by atoms with Crippen LogP contribution in [0.15, 0.2) is 66.7 Å². The summed E-state index contributed by atoms with van der Waals surface area (Å²) >= 11 is 0. The molecule has 0 unspecified atom stereocenters. The number of hydrogen-bond donors (Lipinski definition) is 1. The first kappa shape index (κ1) is 17.4. The SMILES string of the molecule is Cc1ccccc1COc1ccccc1CNCc1ccc2c(c1)OCO2. The minimum atomic E-state index is 0.303. The molecule has 0 atom stereocenters. The lowest BCUT2D eigenvalue weighted by molar-refractivity contribution is 0.174. The van der Waals surface area contributed by atoms with Crippen molar-refractivity contribution in [3.63, 3.8) is 0 Å². The zero-order chi connectivity index (χ0) is 18.5. The third-order valence-corrected chi connectivity index (χ3v) is 4.70. The van der Waals surface area contributed by atoms with Gasteiger partial charge in [0.2, 0.25) is 6.79 Å². The summed E-state index contributed by atoms with van der Waals surface area (Å²) in [7, 11) is 0. The molecule has 4 heteroatoms. The molecule has 0 aromatic heterocycles. The second-order valence-electron chi connectivity index (χ2n) is 6.61. The molecule has 1 aliphatic rings. The topological polar surface area (TPSA) is 39.7 Å². The summed E-state index contributed by atoms with van der Waals surface area (Å²) in [4.78, 5) is 0. The number of benzene rings is 3. The number of fused-ring (bicyclic) bond motifs is 1. The zero-order valence-electron chi connectivity index (χ0n) is 15.4. The van der Waals surface area contributed by atoms with E-state index in [1.165, 1.54) is 11.1 Å². The molecule has 138 valence electrons. The number of rotatable bonds is 7. The quantitative estimate of drug-likeness (QED) is 0.668. The monoisotopic (exact) mass is 361 g/mol. The van der Waals surface area contributed by atoms with Gasteiger partial charge in [0.1, 0.15) is 12.4 Å². The Labute approximate surface area is 159 Å². The molecule has 4 rings (SSSR count). The van der Waals surface area contributed by atoms with Gasteiger partial charge < -0.3 is 19.5 Å². The average molecular weight is 361 g/mol. The van der Waals surface area contributed by atoms with E-state index >= 15 is 0 Å². The standard InChI is InChI=1S/C23H23NO3/c1-17-6-2-3-8-20(17)15-25-21-9-5-4-7-19(21)14-24-13-18-10-11-22-23(12-18)27-16-26-22/h2-12,24H,13-16H2,1H3. The van der Waals surface area contributed by atoms with Gasteiger partial charge in [0, 0.05) is 18.7 Å². The van der Waals surface area contributed by atoms with Gasteiger partial charge in [-0.25, -0.2) is 0 Å². The summed E-state index contributed by atoms with van der Waals surface area (Å²) in [5, 5.41) is 3.48. The first-order valence-electron chi connectivity index (χ1n) is 9.14. The molecule has 0 saturated heterocycles. The maximum atomic E-state index is 6.09. The van der Waals surface area contributed by atoms with E-state index in [1.54, 1.807) is 0 Å². The second kappa shape index (κ2) is 8.14. The molecule has 0 amide bonds. The molecular formula is C23H23NO3. The average Bonchev–Trinajstić information content (AvgIpc) is 3.16. The molecule has 0 spiro atoms. The van der Waals surface area contributed by atoms with E-state index in [-0.39, 0.29) is 0 Å². The zero-order valence-corrected chi connectivity index (χ0v) is 15.4. The normalized spacial score (nSPS) is 12.2. The smallest absolute Gasteiger partial charge is 0.231 e. The number of ether oxygens (including phenoxy) is 3. The van der Waals surface area contributed by atoms with Crippen molar-refractivity contribution < 1.29 is 14.2 Å². The van der Waals surface area contributed by atoms with Crippen LogP contribution in [-0.4, -0.2) is 6.79 Å². The highest BCUT2D eigenvalue weighted by Crippen LogP contribution is 2.32. The van der Waals surface area contributed by atoms with Crippen molar-refractivity contribution in [1.29, 1.82) is 0 Å². The first-order chi connectivity index (χ1) is 13.3. The predicted molar refractivity (Wildman–Crippen MR) is 105 cm³/mol. The van der Waals surface area contributed by atoms with Crippen LogP contribution in [0.25, 0.3) is 0 Å². The van der Waals surface area contributed by atoms with E-state index in [0.717, 1.165) is 41.5 Å². The number of hydrogen-bond acceptors (Lipinski definition) is 4. The van der Waals surface area contributed by atoms with Crippen LogP contribution in [0.3, 0.4) is 0 Å². The van der Waals surface area contributed by atoms with Gasteiger partial charge in [-0.15, -0.1) is 0 Å². The minimum absolute atomic E-state index is 0.303. The van der Waals surface area contributed by atoms with E-state index in [9.17, 15) is 0 Å². The van der Waals surface area contributed by atoms with Gasteiger partial charge in [-0.05, 0) is 41.8 Å².